The van der Waals surface area contributed by atoms with Crippen molar-refractivity contribution in [2.75, 3.05) is 18.4 Å². The Kier molecular flexibility index (Phi) is 5.24. The third kappa shape index (κ3) is 4.26. The third-order valence-electron chi connectivity index (χ3n) is 5.19. The molecule has 29 heavy (non-hydrogen) atoms. The molecule has 4 rings (SSSR count). The van der Waals surface area contributed by atoms with Crippen molar-refractivity contribution in [3.8, 4) is 11.3 Å². The summed E-state index contributed by atoms with van der Waals surface area (Å²) >= 11 is 0. The van der Waals surface area contributed by atoms with Crippen LogP contribution in [0.2, 0.25) is 0 Å². The monoisotopic (exact) mass is 392 g/mol. The Morgan fingerprint density at radius 1 is 1.14 bits per heavy atom. The number of nitrogens with one attached hydrogen (secondary N) is 1. The highest BCUT2D eigenvalue weighted by Gasteiger charge is 2.19. The van der Waals surface area contributed by atoms with E-state index < -0.39 is 0 Å². The first-order chi connectivity index (χ1) is 14.0. The van der Waals surface area contributed by atoms with Crippen molar-refractivity contribution in [3.05, 3.63) is 41.9 Å². The van der Waals surface area contributed by atoms with E-state index in [1.807, 2.05) is 49.2 Å². The Hall–Kier alpha value is -3.29. The maximum absolute atomic E-state index is 12.2. The van der Waals surface area contributed by atoms with Gasteiger partial charge in [0.1, 0.15) is 0 Å². The normalized spacial score (nSPS) is 14.0. The van der Waals surface area contributed by atoms with E-state index in [9.17, 15) is 9.59 Å². The van der Waals surface area contributed by atoms with Gasteiger partial charge in [0.05, 0.1) is 23.3 Å². The van der Waals surface area contributed by atoms with Gasteiger partial charge in [0.15, 0.2) is 0 Å². The zero-order valence-electron chi connectivity index (χ0n) is 16.7. The van der Waals surface area contributed by atoms with Crippen LogP contribution in [0.1, 0.15) is 37.1 Å². The molecule has 8 heteroatoms. The lowest BCUT2D eigenvalue weighted by Gasteiger charge is -2.14. The van der Waals surface area contributed by atoms with Gasteiger partial charge in [0, 0.05) is 37.2 Å². The minimum absolute atomic E-state index is 0.0449. The average molecular weight is 392 g/mol. The fourth-order valence-corrected chi connectivity index (χ4v) is 3.43. The van der Waals surface area contributed by atoms with E-state index in [1.54, 1.807) is 4.52 Å². The van der Waals surface area contributed by atoms with Gasteiger partial charge >= 0.3 is 0 Å². The van der Waals surface area contributed by atoms with Crippen LogP contribution >= 0.6 is 0 Å². The Labute approximate surface area is 169 Å². The van der Waals surface area contributed by atoms with Gasteiger partial charge < -0.3 is 10.2 Å². The van der Waals surface area contributed by atoms with E-state index in [0.717, 1.165) is 41.3 Å². The van der Waals surface area contributed by atoms with E-state index >= 15 is 0 Å². The maximum atomic E-state index is 12.2. The van der Waals surface area contributed by atoms with Gasteiger partial charge in [0.25, 0.3) is 5.78 Å². The summed E-state index contributed by atoms with van der Waals surface area (Å²) in [5.41, 5.74) is 4.18. The van der Waals surface area contributed by atoms with Gasteiger partial charge in [-0.2, -0.15) is 5.10 Å². The molecule has 3 heterocycles. The Morgan fingerprint density at radius 3 is 2.66 bits per heavy atom. The number of fused-ring (bicyclic) bond motifs is 1. The molecule has 0 radical (unpaired) electrons. The number of imidazole rings is 1. The van der Waals surface area contributed by atoms with E-state index in [-0.39, 0.29) is 11.8 Å². The van der Waals surface area contributed by atoms with Crippen molar-refractivity contribution in [2.24, 2.45) is 0 Å². The number of nitrogens with zero attached hydrogens (tertiary/aromatic N) is 5. The SMILES string of the molecule is Cc1nc2nc(-c3ccc(NC(=O)CCCN4CCCC4=O)cc3)cn2nc1C. The second-order valence-corrected chi connectivity index (χ2v) is 7.37. The standard InChI is InChI=1S/C21H24N6O2/c1-14-15(2)25-27-13-18(24-21(27)22-14)16-7-9-17(10-8-16)23-19(28)5-3-11-26-12-4-6-20(26)29/h7-10,13H,3-6,11-12H2,1-2H3,(H,23,28). The molecule has 1 aliphatic heterocycles. The van der Waals surface area contributed by atoms with Crippen LogP contribution in [0.15, 0.2) is 30.5 Å². The smallest absolute Gasteiger partial charge is 0.251 e. The molecule has 1 saturated heterocycles. The molecule has 0 bridgehead atoms. The number of hydrogen-bond donors (Lipinski definition) is 1. The van der Waals surface area contributed by atoms with E-state index in [0.29, 0.717) is 31.6 Å². The molecule has 1 aliphatic rings. The molecule has 8 nitrogen and oxygen atoms in total. The zero-order chi connectivity index (χ0) is 20.4. The summed E-state index contributed by atoms with van der Waals surface area (Å²) in [5, 5.41) is 7.36. The summed E-state index contributed by atoms with van der Waals surface area (Å²) < 4.78 is 1.68. The van der Waals surface area contributed by atoms with Crippen LogP contribution < -0.4 is 5.32 Å². The second-order valence-electron chi connectivity index (χ2n) is 7.37. The number of benzene rings is 1. The first-order valence-electron chi connectivity index (χ1n) is 9.88. The van der Waals surface area contributed by atoms with E-state index in [4.69, 9.17) is 0 Å². The van der Waals surface area contributed by atoms with Crippen molar-refractivity contribution in [2.45, 2.75) is 39.5 Å². The molecule has 1 fully saturated rings. The number of likely N-dealkylation sites (tertiary alicyclic amines) is 1. The zero-order valence-corrected chi connectivity index (χ0v) is 16.7. The van der Waals surface area contributed by atoms with Gasteiger partial charge in [-0.25, -0.2) is 14.5 Å². The molecule has 1 aromatic carbocycles. The molecule has 3 aromatic rings. The lowest BCUT2D eigenvalue weighted by atomic mass is 10.1. The molecule has 0 aliphatic carbocycles. The Bertz CT molecular complexity index is 1020. The third-order valence-corrected chi connectivity index (χ3v) is 5.19. The van der Waals surface area contributed by atoms with Gasteiger partial charge in [-0.15, -0.1) is 0 Å². The lowest BCUT2D eigenvalue weighted by molar-refractivity contribution is -0.128. The molecule has 0 unspecified atom stereocenters. The van der Waals surface area contributed by atoms with E-state index in [2.05, 4.69) is 20.4 Å². The maximum Gasteiger partial charge on any atom is 0.251 e. The quantitative estimate of drug-likeness (QED) is 0.696. The predicted molar refractivity (Wildman–Crippen MR) is 109 cm³/mol. The Balaban J connectivity index is 1.35. The van der Waals surface area contributed by atoms with Crippen LogP contribution in [0.4, 0.5) is 5.69 Å². The second kappa shape index (κ2) is 7.98. The van der Waals surface area contributed by atoms with Crippen molar-refractivity contribution in [3.63, 3.8) is 0 Å². The number of anilines is 1. The van der Waals surface area contributed by atoms with Crippen LogP contribution in [-0.4, -0.2) is 49.4 Å². The molecule has 0 atom stereocenters. The summed E-state index contributed by atoms with van der Waals surface area (Å²) in [6, 6.07) is 7.55. The highest BCUT2D eigenvalue weighted by Crippen LogP contribution is 2.21. The van der Waals surface area contributed by atoms with Crippen molar-refractivity contribution in [1.82, 2.24) is 24.5 Å². The minimum atomic E-state index is -0.0449. The number of carbonyl (C=O) groups excluding carboxylic acids is 2. The van der Waals surface area contributed by atoms with Gasteiger partial charge in [0.2, 0.25) is 11.8 Å². The Morgan fingerprint density at radius 2 is 1.93 bits per heavy atom. The number of rotatable bonds is 6. The molecular formula is C21H24N6O2. The van der Waals surface area contributed by atoms with Crippen LogP contribution in [0.5, 0.6) is 0 Å². The van der Waals surface area contributed by atoms with Crippen molar-refractivity contribution >= 4 is 23.3 Å². The molecule has 2 amide bonds. The van der Waals surface area contributed by atoms with Gasteiger partial charge in [-0.05, 0) is 38.8 Å². The number of aryl methyl sites for hydroxylation is 2. The number of carbonyl (C=O) groups is 2. The van der Waals surface area contributed by atoms with Crippen LogP contribution in [0.3, 0.4) is 0 Å². The van der Waals surface area contributed by atoms with Crippen molar-refractivity contribution < 1.29 is 9.59 Å². The van der Waals surface area contributed by atoms with E-state index in [1.165, 1.54) is 0 Å². The summed E-state index contributed by atoms with van der Waals surface area (Å²) in [7, 11) is 0. The molecule has 0 spiro atoms. The highest BCUT2D eigenvalue weighted by atomic mass is 16.2. The lowest BCUT2D eigenvalue weighted by Crippen LogP contribution is -2.26. The van der Waals surface area contributed by atoms with Crippen LogP contribution in [-0.2, 0) is 9.59 Å². The molecule has 150 valence electrons. The van der Waals surface area contributed by atoms with Crippen LogP contribution in [0, 0.1) is 13.8 Å². The number of aromatic nitrogens is 4. The average Bonchev–Trinajstić information content (AvgIpc) is 3.29. The molecule has 2 aromatic heterocycles. The molecular weight excluding hydrogens is 368 g/mol. The number of hydrogen-bond acceptors (Lipinski definition) is 5. The number of amides is 2. The van der Waals surface area contributed by atoms with Crippen molar-refractivity contribution in [1.29, 1.82) is 0 Å². The predicted octanol–water partition coefficient (Wildman–Crippen LogP) is 2.75. The largest absolute Gasteiger partial charge is 0.343 e. The first-order valence-corrected chi connectivity index (χ1v) is 9.88. The minimum Gasteiger partial charge on any atom is -0.343 e. The van der Waals surface area contributed by atoms with Gasteiger partial charge in [-0.3, -0.25) is 9.59 Å². The fraction of sp³-hybridized carbons (Fsp3) is 0.381. The summed E-state index contributed by atoms with van der Waals surface area (Å²) in [4.78, 5) is 34.6. The summed E-state index contributed by atoms with van der Waals surface area (Å²) in [5.74, 6) is 0.720. The molecule has 0 saturated carbocycles. The fourth-order valence-electron chi connectivity index (χ4n) is 3.43. The topological polar surface area (TPSA) is 92.5 Å². The highest BCUT2D eigenvalue weighted by molar-refractivity contribution is 5.91. The van der Waals surface area contributed by atoms with Crippen LogP contribution in [0.25, 0.3) is 17.0 Å². The molecule has 1 N–H and O–H groups in total. The first kappa shape index (κ1) is 19.0. The van der Waals surface area contributed by atoms with Gasteiger partial charge in [-0.1, -0.05) is 12.1 Å². The summed E-state index contributed by atoms with van der Waals surface area (Å²) in [6.45, 7) is 5.30. The summed E-state index contributed by atoms with van der Waals surface area (Å²) in [6.07, 6.45) is 4.48.